The molecule has 5 nitrogen and oxygen atoms in total. The lowest BCUT2D eigenvalue weighted by atomic mass is 10.1. The van der Waals surface area contributed by atoms with E-state index in [1.165, 1.54) is 0 Å². The van der Waals surface area contributed by atoms with E-state index in [9.17, 15) is 5.11 Å². The van der Waals surface area contributed by atoms with Crippen molar-refractivity contribution in [2.75, 3.05) is 47.8 Å². The summed E-state index contributed by atoms with van der Waals surface area (Å²) in [4.78, 5) is 0. The Balaban J connectivity index is 3.85. The monoisotopic (exact) mass is 247 g/mol. The zero-order valence-corrected chi connectivity index (χ0v) is 12.1. The molecule has 2 atom stereocenters. The Morgan fingerprint density at radius 2 is 1.88 bits per heavy atom. The molecular weight excluding hydrogens is 216 g/mol. The maximum atomic E-state index is 9.76. The van der Waals surface area contributed by atoms with Crippen LogP contribution in [0, 0.1) is 0 Å². The first-order chi connectivity index (χ1) is 7.80. The highest BCUT2D eigenvalue weighted by atomic mass is 16.3. The van der Waals surface area contributed by atoms with Crippen LogP contribution in [0.5, 0.6) is 0 Å². The molecule has 0 aliphatic heterocycles. The SMILES string of the molecule is CCC(O)C(CCN(N)CC[N+](C)(C)C)NC. The second-order valence-corrected chi connectivity index (χ2v) is 5.71. The summed E-state index contributed by atoms with van der Waals surface area (Å²) in [5, 5.41) is 14.8. The molecule has 0 saturated carbocycles. The summed E-state index contributed by atoms with van der Waals surface area (Å²) in [7, 11) is 8.36. The third-order valence-corrected chi connectivity index (χ3v) is 3.04. The van der Waals surface area contributed by atoms with E-state index in [-0.39, 0.29) is 12.1 Å². The number of likely N-dealkylation sites (N-methyl/N-ethyl adjacent to an activating group) is 2. The van der Waals surface area contributed by atoms with Crippen LogP contribution in [0.1, 0.15) is 19.8 Å². The Bertz CT molecular complexity index is 193. The van der Waals surface area contributed by atoms with Crippen LogP contribution in [-0.4, -0.2) is 74.6 Å². The average molecular weight is 247 g/mol. The van der Waals surface area contributed by atoms with Gasteiger partial charge in [-0.15, -0.1) is 0 Å². The van der Waals surface area contributed by atoms with Crippen molar-refractivity contribution < 1.29 is 9.59 Å². The number of aliphatic hydroxyl groups excluding tert-OH is 1. The number of nitrogens with two attached hydrogens (primary N) is 1. The number of nitrogens with one attached hydrogen (secondary N) is 1. The minimum atomic E-state index is -0.285. The Morgan fingerprint density at radius 1 is 1.29 bits per heavy atom. The van der Waals surface area contributed by atoms with Gasteiger partial charge in [-0.2, -0.15) is 0 Å². The molecule has 4 N–H and O–H groups in total. The molecular formula is C12H31N4O+. The standard InChI is InChI=1S/C12H31N4O/c1-6-12(17)11(14-2)7-8-15(13)9-10-16(3,4)5/h11-12,14,17H,6-10,13H2,1-5H3/q+1. The molecule has 0 heterocycles. The predicted molar refractivity (Wildman–Crippen MR) is 72.4 cm³/mol. The van der Waals surface area contributed by atoms with Crippen molar-refractivity contribution in [3.8, 4) is 0 Å². The van der Waals surface area contributed by atoms with Gasteiger partial charge >= 0.3 is 0 Å². The van der Waals surface area contributed by atoms with Crippen molar-refractivity contribution in [2.45, 2.75) is 31.9 Å². The van der Waals surface area contributed by atoms with Crippen LogP contribution in [-0.2, 0) is 0 Å². The lowest BCUT2D eigenvalue weighted by Crippen LogP contribution is -2.46. The van der Waals surface area contributed by atoms with Crippen LogP contribution < -0.4 is 11.2 Å². The van der Waals surface area contributed by atoms with Gasteiger partial charge < -0.3 is 14.9 Å². The summed E-state index contributed by atoms with van der Waals surface area (Å²) in [6.45, 7) is 4.70. The summed E-state index contributed by atoms with van der Waals surface area (Å²) >= 11 is 0. The molecule has 0 spiro atoms. The third kappa shape index (κ3) is 8.51. The lowest BCUT2D eigenvalue weighted by molar-refractivity contribution is -0.869. The van der Waals surface area contributed by atoms with Crippen molar-refractivity contribution in [2.24, 2.45) is 5.84 Å². The van der Waals surface area contributed by atoms with Crippen LogP contribution in [0.3, 0.4) is 0 Å². The fourth-order valence-electron chi connectivity index (χ4n) is 1.66. The molecule has 0 aromatic heterocycles. The number of hydrazine groups is 1. The maximum absolute atomic E-state index is 9.76. The van der Waals surface area contributed by atoms with E-state index >= 15 is 0 Å². The topological polar surface area (TPSA) is 61.5 Å². The van der Waals surface area contributed by atoms with E-state index in [1.807, 2.05) is 19.0 Å². The number of hydrogen-bond donors (Lipinski definition) is 3. The molecule has 104 valence electrons. The first kappa shape index (κ1) is 16.8. The zero-order valence-electron chi connectivity index (χ0n) is 12.1. The highest BCUT2D eigenvalue weighted by Gasteiger charge is 2.16. The van der Waals surface area contributed by atoms with Crippen molar-refractivity contribution in [1.82, 2.24) is 10.3 Å². The van der Waals surface area contributed by atoms with Gasteiger partial charge in [-0.1, -0.05) is 6.92 Å². The quantitative estimate of drug-likeness (QED) is 0.295. The van der Waals surface area contributed by atoms with Crippen LogP contribution in [0.2, 0.25) is 0 Å². The molecule has 0 aliphatic rings. The molecule has 5 heteroatoms. The Morgan fingerprint density at radius 3 is 2.29 bits per heavy atom. The van der Waals surface area contributed by atoms with E-state index in [1.54, 1.807) is 0 Å². The van der Waals surface area contributed by atoms with E-state index in [2.05, 4.69) is 26.5 Å². The second kappa shape index (κ2) is 8.00. The van der Waals surface area contributed by atoms with Gasteiger partial charge in [-0.05, 0) is 19.9 Å². The number of rotatable bonds is 9. The molecule has 0 aliphatic carbocycles. The maximum Gasteiger partial charge on any atom is 0.0923 e. The normalized spacial score (nSPS) is 16.2. The molecule has 0 aromatic rings. The van der Waals surface area contributed by atoms with Crippen LogP contribution in [0.15, 0.2) is 0 Å². The van der Waals surface area contributed by atoms with Gasteiger partial charge in [0.15, 0.2) is 0 Å². The van der Waals surface area contributed by atoms with Crippen LogP contribution >= 0.6 is 0 Å². The number of hydrogen-bond acceptors (Lipinski definition) is 4. The smallest absolute Gasteiger partial charge is 0.0923 e. The van der Waals surface area contributed by atoms with Crippen molar-refractivity contribution in [3.63, 3.8) is 0 Å². The van der Waals surface area contributed by atoms with Crippen molar-refractivity contribution in [3.05, 3.63) is 0 Å². The summed E-state index contributed by atoms with van der Waals surface area (Å²) in [6.07, 6.45) is 1.36. The summed E-state index contributed by atoms with van der Waals surface area (Å²) in [6, 6.07) is 0.134. The molecule has 0 radical (unpaired) electrons. The minimum absolute atomic E-state index is 0.134. The largest absolute Gasteiger partial charge is 0.392 e. The van der Waals surface area contributed by atoms with E-state index in [4.69, 9.17) is 5.84 Å². The molecule has 2 unspecified atom stereocenters. The number of aliphatic hydroxyl groups is 1. The molecule has 0 amide bonds. The van der Waals surface area contributed by atoms with E-state index in [0.29, 0.717) is 0 Å². The Hall–Kier alpha value is -0.200. The summed E-state index contributed by atoms with van der Waals surface area (Å²) in [5.41, 5.74) is 0. The molecule has 0 saturated heterocycles. The van der Waals surface area contributed by atoms with Crippen LogP contribution in [0.4, 0.5) is 0 Å². The highest BCUT2D eigenvalue weighted by Crippen LogP contribution is 2.03. The first-order valence-electron chi connectivity index (χ1n) is 6.45. The molecule has 0 bridgehead atoms. The Labute approximate surface area is 106 Å². The van der Waals surface area contributed by atoms with Gasteiger partial charge in [0.25, 0.3) is 0 Å². The average Bonchev–Trinajstić information content (AvgIpc) is 2.25. The first-order valence-corrected chi connectivity index (χ1v) is 6.45. The minimum Gasteiger partial charge on any atom is -0.392 e. The van der Waals surface area contributed by atoms with Gasteiger partial charge in [-0.3, -0.25) is 5.84 Å². The zero-order chi connectivity index (χ0) is 13.5. The fourth-order valence-corrected chi connectivity index (χ4v) is 1.66. The fraction of sp³-hybridized carbons (Fsp3) is 1.00. The van der Waals surface area contributed by atoms with Crippen molar-refractivity contribution >= 4 is 0 Å². The van der Waals surface area contributed by atoms with Gasteiger partial charge in [0.05, 0.1) is 40.3 Å². The summed E-state index contributed by atoms with van der Waals surface area (Å²) in [5.74, 6) is 5.94. The van der Waals surface area contributed by atoms with Crippen molar-refractivity contribution in [1.29, 1.82) is 0 Å². The predicted octanol–water partition coefficient (Wildman–Crippen LogP) is -0.383. The highest BCUT2D eigenvalue weighted by molar-refractivity contribution is 4.73. The van der Waals surface area contributed by atoms with Gasteiger partial charge in [0, 0.05) is 12.6 Å². The Kier molecular flexibility index (Phi) is 7.91. The van der Waals surface area contributed by atoms with Crippen LogP contribution in [0.25, 0.3) is 0 Å². The van der Waals surface area contributed by atoms with Gasteiger partial charge in [0.1, 0.15) is 0 Å². The number of quaternary nitrogens is 1. The van der Waals surface area contributed by atoms with E-state index in [0.717, 1.165) is 37.0 Å². The van der Waals surface area contributed by atoms with Gasteiger partial charge in [-0.25, -0.2) is 5.01 Å². The summed E-state index contributed by atoms with van der Waals surface area (Å²) < 4.78 is 0.917. The van der Waals surface area contributed by atoms with E-state index < -0.39 is 0 Å². The van der Waals surface area contributed by atoms with Gasteiger partial charge in [0.2, 0.25) is 0 Å². The molecule has 0 rings (SSSR count). The molecule has 0 fully saturated rings. The second-order valence-electron chi connectivity index (χ2n) is 5.71. The molecule has 0 aromatic carbocycles. The third-order valence-electron chi connectivity index (χ3n) is 3.04. The lowest BCUT2D eigenvalue weighted by Gasteiger charge is -2.28. The molecule has 17 heavy (non-hydrogen) atoms. The number of nitrogens with zero attached hydrogens (tertiary/aromatic N) is 2.